The molecule has 0 bridgehead atoms. The van der Waals surface area contributed by atoms with Crippen LogP contribution in [0.2, 0.25) is 0 Å². The molecule has 1 aromatic rings. The summed E-state index contributed by atoms with van der Waals surface area (Å²) in [6.45, 7) is 0.583. The van der Waals surface area contributed by atoms with E-state index in [0.717, 1.165) is 5.70 Å². The number of nitrogens with zero attached hydrogens (tertiary/aromatic N) is 3. The van der Waals surface area contributed by atoms with Crippen LogP contribution < -0.4 is 5.32 Å². The maximum atomic E-state index is 13.9. The number of benzene rings is 1. The number of aliphatic hydroxyl groups excluding tert-OH is 1. The van der Waals surface area contributed by atoms with Crippen LogP contribution in [0.25, 0.3) is 0 Å². The summed E-state index contributed by atoms with van der Waals surface area (Å²) >= 11 is 3.23. The lowest BCUT2D eigenvalue weighted by atomic mass is 10.3. The van der Waals surface area contributed by atoms with Crippen molar-refractivity contribution in [3.8, 4) is 0 Å². The van der Waals surface area contributed by atoms with Gasteiger partial charge < -0.3 is 15.3 Å². The van der Waals surface area contributed by atoms with Crippen LogP contribution in [0, 0.1) is 5.82 Å². The maximum absolute atomic E-state index is 13.9. The third-order valence-electron chi connectivity index (χ3n) is 3.11. The summed E-state index contributed by atoms with van der Waals surface area (Å²) in [4.78, 5) is 11.4. The Kier molecular flexibility index (Phi) is 4.41. The number of fused-ring (bicyclic) bond motifs is 1. The molecule has 0 radical (unpaired) electrons. The molecule has 0 aliphatic carbocycles. The molecule has 116 valence electrons. The Morgan fingerprint density at radius 2 is 2.32 bits per heavy atom. The molecule has 0 fully saturated rings. The maximum Gasteiger partial charge on any atom is 0.147 e. The summed E-state index contributed by atoms with van der Waals surface area (Å²) in [5, 5.41) is 13.4. The summed E-state index contributed by atoms with van der Waals surface area (Å²) in [5.74, 6) is 0.285. The van der Waals surface area contributed by atoms with E-state index in [1.54, 1.807) is 35.8 Å². The Morgan fingerprint density at radius 3 is 3.09 bits per heavy atom. The number of allylic oxidation sites excluding steroid dienone is 1. The lowest BCUT2D eigenvalue weighted by molar-refractivity contribution is -0.134. The Balaban J connectivity index is 1.74. The Morgan fingerprint density at radius 1 is 1.45 bits per heavy atom. The van der Waals surface area contributed by atoms with Crippen molar-refractivity contribution in [3.05, 3.63) is 52.4 Å². The van der Waals surface area contributed by atoms with Crippen LogP contribution in [0.3, 0.4) is 0 Å². The van der Waals surface area contributed by atoms with E-state index < -0.39 is 0 Å². The van der Waals surface area contributed by atoms with Gasteiger partial charge in [-0.25, -0.2) is 9.45 Å². The molecule has 2 heterocycles. The van der Waals surface area contributed by atoms with Gasteiger partial charge in [-0.1, -0.05) is 15.9 Å². The Labute approximate surface area is 135 Å². The number of hydrogen-bond donors (Lipinski definition) is 2. The van der Waals surface area contributed by atoms with Crippen molar-refractivity contribution >= 4 is 27.8 Å². The number of hydrogen-bond acceptors (Lipinski definition) is 6. The van der Waals surface area contributed by atoms with Crippen LogP contribution in [-0.2, 0) is 4.84 Å². The Hall–Kier alpha value is -1.90. The second kappa shape index (κ2) is 6.47. The van der Waals surface area contributed by atoms with Crippen molar-refractivity contribution < 1.29 is 14.3 Å². The van der Waals surface area contributed by atoms with E-state index in [0.29, 0.717) is 22.6 Å². The molecule has 0 saturated carbocycles. The zero-order chi connectivity index (χ0) is 15.5. The van der Waals surface area contributed by atoms with Crippen molar-refractivity contribution in [1.29, 1.82) is 0 Å². The molecule has 2 N–H and O–H groups in total. The second-order valence-corrected chi connectivity index (χ2v) is 5.55. The average Bonchev–Trinajstić information content (AvgIpc) is 2.92. The third kappa shape index (κ3) is 3.13. The van der Waals surface area contributed by atoms with E-state index in [1.165, 1.54) is 6.07 Å². The van der Waals surface area contributed by atoms with Gasteiger partial charge in [-0.05, 0) is 18.2 Å². The normalized spacial score (nSPS) is 16.5. The van der Waals surface area contributed by atoms with Crippen molar-refractivity contribution in [2.24, 2.45) is 4.99 Å². The van der Waals surface area contributed by atoms with Crippen LogP contribution in [0.15, 0.2) is 51.6 Å². The summed E-state index contributed by atoms with van der Waals surface area (Å²) in [6, 6.07) is 4.81. The molecule has 1 aromatic carbocycles. The van der Waals surface area contributed by atoms with Crippen LogP contribution >= 0.6 is 15.9 Å². The first kappa shape index (κ1) is 15.0. The molecule has 0 spiro atoms. The second-order valence-electron chi connectivity index (χ2n) is 4.64. The van der Waals surface area contributed by atoms with E-state index in [9.17, 15) is 4.39 Å². The standard InChI is InChI=1S/C14H14BrFN4O2/c15-10-1-2-13(12(16)5-10)18-14-7-17-6-11-8-19(9-20(11)14)22-4-3-21/h1-2,5-8,18,21H,3-4,9H2. The first-order valence-corrected chi connectivity index (χ1v) is 7.42. The van der Waals surface area contributed by atoms with E-state index in [2.05, 4.69) is 26.2 Å². The number of anilines is 1. The quantitative estimate of drug-likeness (QED) is 0.834. The molecule has 0 amide bonds. The predicted octanol–water partition coefficient (Wildman–Crippen LogP) is 2.22. The molecular weight excluding hydrogens is 355 g/mol. The van der Waals surface area contributed by atoms with Crippen molar-refractivity contribution in [2.75, 3.05) is 25.2 Å². The zero-order valence-corrected chi connectivity index (χ0v) is 13.1. The van der Waals surface area contributed by atoms with E-state index in [-0.39, 0.29) is 19.0 Å². The SMILES string of the molecule is OCCON1C=C2C=NC=C(Nc3ccc(Br)cc3F)N2C1. The van der Waals surface area contributed by atoms with Gasteiger partial charge in [0.25, 0.3) is 0 Å². The minimum absolute atomic E-state index is 0.0567. The van der Waals surface area contributed by atoms with Gasteiger partial charge in [-0.15, -0.1) is 0 Å². The van der Waals surface area contributed by atoms with E-state index in [4.69, 9.17) is 9.94 Å². The zero-order valence-electron chi connectivity index (χ0n) is 11.5. The first-order chi connectivity index (χ1) is 10.7. The number of halogens is 2. The summed E-state index contributed by atoms with van der Waals surface area (Å²) in [6.07, 6.45) is 5.07. The highest BCUT2D eigenvalue weighted by molar-refractivity contribution is 9.10. The molecule has 22 heavy (non-hydrogen) atoms. The number of hydroxylamine groups is 2. The highest BCUT2D eigenvalue weighted by Gasteiger charge is 2.26. The third-order valence-corrected chi connectivity index (χ3v) is 3.60. The molecule has 2 aliphatic rings. The van der Waals surface area contributed by atoms with Crippen LogP contribution in [-0.4, -0.2) is 41.2 Å². The monoisotopic (exact) mass is 368 g/mol. The molecule has 0 atom stereocenters. The number of aliphatic imine (C=N–C) groups is 1. The lowest BCUT2D eigenvalue weighted by Gasteiger charge is -2.27. The van der Waals surface area contributed by atoms with Gasteiger partial charge in [0, 0.05) is 4.47 Å². The highest BCUT2D eigenvalue weighted by Crippen LogP contribution is 2.27. The van der Waals surface area contributed by atoms with Gasteiger partial charge in [0.2, 0.25) is 0 Å². The number of nitrogens with one attached hydrogen (secondary N) is 1. The Bertz CT molecular complexity index is 662. The van der Waals surface area contributed by atoms with Gasteiger partial charge in [-0.3, -0.25) is 9.83 Å². The van der Waals surface area contributed by atoms with Crippen LogP contribution in [0.5, 0.6) is 0 Å². The van der Waals surface area contributed by atoms with E-state index >= 15 is 0 Å². The average molecular weight is 369 g/mol. The lowest BCUT2D eigenvalue weighted by Crippen LogP contribution is -2.31. The van der Waals surface area contributed by atoms with Gasteiger partial charge in [0.05, 0.1) is 43.2 Å². The smallest absolute Gasteiger partial charge is 0.147 e. The number of aliphatic hydroxyl groups is 1. The van der Waals surface area contributed by atoms with Gasteiger partial charge >= 0.3 is 0 Å². The molecule has 0 unspecified atom stereocenters. The molecule has 3 rings (SSSR count). The molecule has 6 nitrogen and oxygen atoms in total. The van der Waals surface area contributed by atoms with Crippen molar-refractivity contribution in [3.63, 3.8) is 0 Å². The topological polar surface area (TPSA) is 60.3 Å². The molecule has 8 heteroatoms. The highest BCUT2D eigenvalue weighted by atomic mass is 79.9. The molecule has 2 aliphatic heterocycles. The van der Waals surface area contributed by atoms with Crippen molar-refractivity contribution in [1.82, 2.24) is 9.96 Å². The van der Waals surface area contributed by atoms with Gasteiger partial charge in [0.1, 0.15) is 18.3 Å². The van der Waals surface area contributed by atoms with E-state index in [1.807, 2.05) is 4.90 Å². The largest absolute Gasteiger partial charge is 0.394 e. The fourth-order valence-corrected chi connectivity index (χ4v) is 2.45. The van der Waals surface area contributed by atoms with Crippen LogP contribution in [0.4, 0.5) is 10.1 Å². The summed E-state index contributed by atoms with van der Waals surface area (Å²) in [7, 11) is 0. The van der Waals surface area contributed by atoms with Crippen molar-refractivity contribution in [2.45, 2.75) is 0 Å². The minimum atomic E-state index is -0.358. The number of rotatable bonds is 5. The molecule has 0 saturated heterocycles. The minimum Gasteiger partial charge on any atom is -0.394 e. The first-order valence-electron chi connectivity index (χ1n) is 6.62. The summed E-state index contributed by atoms with van der Waals surface area (Å²) < 4.78 is 14.6. The fraction of sp³-hybridized carbons (Fsp3) is 0.214. The van der Waals surface area contributed by atoms with Gasteiger partial charge in [-0.2, -0.15) is 0 Å². The van der Waals surface area contributed by atoms with Crippen LogP contribution in [0.1, 0.15) is 0 Å². The fourth-order valence-electron chi connectivity index (χ4n) is 2.12. The van der Waals surface area contributed by atoms with Gasteiger partial charge in [0.15, 0.2) is 0 Å². The molecule has 0 aromatic heterocycles. The molecular formula is C14H14BrFN4O2. The summed E-state index contributed by atoms with van der Waals surface area (Å²) in [5.41, 5.74) is 1.18. The predicted molar refractivity (Wildman–Crippen MR) is 84.0 cm³/mol.